The summed E-state index contributed by atoms with van der Waals surface area (Å²) in [5.41, 5.74) is 0. The molecule has 0 heterocycles. The highest BCUT2D eigenvalue weighted by atomic mass is 14.1. The Morgan fingerprint density at radius 1 is 0.462 bits per heavy atom. The Balaban J connectivity index is 3.20. The SMILES string of the molecule is CCCCCCCCCCCC/C=C/CC[C@@H](C)CCCCCCCC. The third-order valence-electron chi connectivity index (χ3n) is 5.77. The molecule has 0 aromatic heterocycles. The molecule has 0 nitrogen and oxygen atoms in total. The monoisotopic (exact) mass is 364 g/mol. The van der Waals surface area contributed by atoms with Gasteiger partial charge in [-0.25, -0.2) is 0 Å². The molecule has 0 aliphatic carbocycles. The number of hydrogen-bond donors (Lipinski definition) is 0. The van der Waals surface area contributed by atoms with Gasteiger partial charge in [-0.05, 0) is 31.6 Å². The second-order valence-electron chi connectivity index (χ2n) is 8.68. The molecule has 0 fully saturated rings. The fraction of sp³-hybridized carbons (Fsp3) is 0.923. The first kappa shape index (κ1) is 25.7. The molecule has 0 saturated heterocycles. The number of hydrogen-bond acceptors (Lipinski definition) is 0. The fourth-order valence-electron chi connectivity index (χ4n) is 3.78. The van der Waals surface area contributed by atoms with Gasteiger partial charge in [0, 0.05) is 0 Å². The predicted octanol–water partition coefficient (Wildman–Crippen LogP) is 10.0. The summed E-state index contributed by atoms with van der Waals surface area (Å²) in [6, 6.07) is 0. The first-order chi connectivity index (χ1) is 12.8. The summed E-state index contributed by atoms with van der Waals surface area (Å²) in [4.78, 5) is 0. The third kappa shape index (κ3) is 21.8. The molecule has 0 aromatic carbocycles. The highest BCUT2D eigenvalue weighted by Crippen LogP contribution is 2.17. The third-order valence-corrected chi connectivity index (χ3v) is 5.77. The van der Waals surface area contributed by atoms with Gasteiger partial charge in [-0.3, -0.25) is 0 Å². The quantitative estimate of drug-likeness (QED) is 0.140. The van der Waals surface area contributed by atoms with Crippen LogP contribution in [0.5, 0.6) is 0 Å². The highest BCUT2D eigenvalue weighted by molar-refractivity contribution is 4.81. The zero-order chi connectivity index (χ0) is 19.1. The Morgan fingerprint density at radius 2 is 0.885 bits per heavy atom. The van der Waals surface area contributed by atoms with E-state index in [1.807, 2.05) is 0 Å². The van der Waals surface area contributed by atoms with Crippen LogP contribution in [0.4, 0.5) is 0 Å². The van der Waals surface area contributed by atoms with Crippen LogP contribution in [0.1, 0.15) is 149 Å². The Hall–Kier alpha value is -0.260. The highest BCUT2D eigenvalue weighted by Gasteiger charge is 2.00. The molecule has 0 radical (unpaired) electrons. The van der Waals surface area contributed by atoms with Gasteiger partial charge in [-0.1, -0.05) is 136 Å². The summed E-state index contributed by atoms with van der Waals surface area (Å²) in [7, 11) is 0. The molecule has 1 atom stereocenters. The maximum absolute atomic E-state index is 2.45. The van der Waals surface area contributed by atoms with Crippen molar-refractivity contribution >= 4 is 0 Å². The van der Waals surface area contributed by atoms with Gasteiger partial charge < -0.3 is 0 Å². The van der Waals surface area contributed by atoms with Gasteiger partial charge in [0.25, 0.3) is 0 Å². The minimum Gasteiger partial charge on any atom is -0.0885 e. The Kier molecular flexibility index (Phi) is 22.6. The van der Waals surface area contributed by atoms with Gasteiger partial charge in [0.2, 0.25) is 0 Å². The first-order valence-corrected chi connectivity index (χ1v) is 12.5. The van der Waals surface area contributed by atoms with Gasteiger partial charge in [0.15, 0.2) is 0 Å². The topological polar surface area (TPSA) is 0 Å². The molecule has 0 saturated carbocycles. The molecule has 0 aliphatic heterocycles. The average Bonchev–Trinajstić information content (AvgIpc) is 2.65. The molecule has 0 rings (SSSR count). The molecule has 0 aliphatic rings. The lowest BCUT2D eigenvalue weighted by molar-refractivity contribution is 0.459. The smallest absolute Gasteiger partial charge is 0.0348 e. The molecule has 0 heteroatoms. The summed E-state index contributed by atoms with van der Waals surface area (Å²) in [6.45, 7) is 7.04. The van der Waals surface area contributed by atoms with E-state index in [-0.39, 0.29) is 0 Å². The van der Waals surface area contributed by atoms with Gasteiger partial charge >= 0.3 is 0 Å². The van der Waals surface area contributed by atoms with Crippen LogP contribution >= 0.6 is 0 Å². The van der Waals surface area contributed by atoms with E-state index >= 15 is 0 Å². The van der Waals surface area contributed by atoms with E-state index in [0.717, 1.165) is 5.92 Å². The lowest BCUT2D eigenvalue weighted by Crippen LogP contribution is -1.94. The number of allylic oxidation sites excluding steroid dienone is 2. The molecule has 156 valence electrons. The zero-order valence-electron chi connectivity index (χ0n) is 18.9. The maximum Gasteiger partial charge on any atom is -0.0348 e. The van der Waals surface area contributed by atoms with E-state index in [4.69, 9.17) is 0 Å². The molecule has 0 amide bonds. The van der Waals surface area contributed by atoms with Crippen molar-refractivity contribution < 1.29 is 0 Å². The number of unbranched alkanes of at least 4 members (excludes halogenated alkanes) is 15. The molecule has 26 heavy (non-hydrogen) atoms. The summed E-state index contributed by atoms with van der Waals surface area (Å²) < 4.78 is 0. The van der Waals surface area contributed by atoms with E-state index in [0.29, 0.717) is 0 Å². The van der Waals surface area contributed by atoms with Crippen molar-refractivity contribution in [3.63, 3.8) is 0 Å². The van der Waals surface area contributed by atoms with Crippen molar-refractivity contribution in [2.75, 3.05) is 0 Å². The zero-order valence-corrected chi connectivity index (χ0v) is 18.9. The van der Waals surface area contributed by atoms with Crippen molar-refractivity contribution in [3.8, 4) is 0 Å². The number of rotatable bonds is 21. The van der Waals surface area contributed by atoms with E-state index in [2.05, 4.69) is 32.9 Å². The van der Waals surface area contributed by atoms with Crippen LogP contribution in [0, 0.1) is 5.92 Å². The summed E-state index contributed by atoms with van der Waals surface area (Å²) in [6.07, 6.45) is 33.4. The Labute approximate surface area is 167 Å². The summed E-state index contributed by atoms with van der Waals surface area (Å²) >= 11 is 0. The van der Waals surface area contributed by atoms with Crippen LogP contribution in [0.2, 0.25) is 0 Å². The second kappa shape index (κ2) is 22.8. The van der Waals surface area contributed by atoms with Crippen molar-refractivity contribution in [3.05, 3.63) is 12.2 Å². The lowest BCUT2D eigenvalue weighted by atomic mass is 9.97. The van der Waals surface area contributed by atoms with Crippen LogP contribution in [-0.4, -0.2) is 0 Å². The van der Waals surface area contributed by atoms with E-state index in [9.17, 15) is 0 Å². The minimum absolute atomic E-state index is 0.920. The van der Waals surface area contributed by atoms with Crippen LogP contribution in [0.15, 0.2) is 12.2 Å². The molecule has 0 N–H and O–H groups in total. The fourth-order valence-corrected chi connectivity index (χ4v) is 3.78. The van der Waals surface area contributed by atoms with Crippen molar-refractivity contribution in [2.45, 2.75) is 149 Å². The maximum atomic E-state index is 2.45. The Bertz CT molecular complexity index is 265. The second-order valence-corrected chi connectivity index (χ2v) is 8.68. The van der Waals surface area contributed by atoms with Gasteiger partial charge in [-0.15, -0.1) is 0 Å². The van der Waals surface area contributed by atoms with Crippen LogP contribution in [-0.2, 0) is 0 Å². The Morgan fingerprint density at radius 3 is 1.42 bits per heavy atom. The van der Waals surface area contributed by atoms with E-state index < -0.39 is 0 Å². The molecular weight excluding hydrogens is 312 g/mol. The van der Waals surface area contributed by atoms with Gasteiger partial charge in [0.1, 0.15) is 0 Å². The summed E-state index contributed by atoms with van der Waals surface area (Å²) in [5, 5.41) is 0. The van der Waals surface area contributed by atoms with Crippen LogP contribution in [0.3, 0.4) is 0 Å². The largest absolute Gasteiger partial charge is 0.0885 e. The van der Waals surface area contributed by atoms with E-state index in [1.54, 1.807) is 0 Å². The van der Waals surface area contributed by atoms with E-state index in [1.165, 1.54) is 128 Å². The normalized spacial score (nSPS) is 12.9. The van der Waals surface area contributed by atoms with Crippen molar-refractivity contribution in [1.82, 2.24) is 0 Å². The lowest BCUT2D eigenvalue weighted by Gasteiger charge is -2.09. The van der Waals surface area contributed by atoms with Gasteiger partial charge in [-0.2, -0.15) is 0 Å². The molecule has 0 aromatic rings. The van der Waals surface area contributed by atoms with Gasteiger partial charge in [0.05, 0.1) is 0 Å². The predicted molar refractivity (Wildman–Crippen MR) is 122 cm³/mol. The van der Waals surface area contributed by atoms with Crippen molar-refractivity contribution in [2.24, 2.45) is 5.92 Å². The average molecular weight is 365 g/mol. The molecule has 0 spiro atoms. The van der Waals surface area contributed by atoms with Crippen LogP contribution < -0.4 is 0 Å². The van der Waals surface area contributed by atoms with Crippen molar-refractivity contribution in [1.29, 1.82) is 0 Å². The summed E-state index contributed by atoms with van der Waals surface area (Å²) in [5.74, 6) is 0.920. The molecular formula is C26H52. The molecule has 0 bridgehead atoms. The molecule has 0 unspecified atom stereocenters. The first-order valence-electron chi connectivity index (χ1n) is 12.5. The standard InChI is InChI=1S/C26H52/c1-4-6-8-10-12-13-14-15-16-17-18-19-21-23-25-26(3)24-22-20-11-9-7-5-2/h19,21,26H,4-18,20,22-25H2,1-3H3/b21-19+/t26-/m0/s1. The van der Waals surface area contributed by atoms with Crippen LogP contribution in [0.25, 0.3) is 0 Å². The minimum atomic E-state index is 0.920.